The number of fused-ring (bicyclic) bond motifs is 6. The highest BCUT2D eigenvalue weighted by Crippen LogP contribution is 2.51. The maximum Gasteiger partial charge on any atom is 0.254 e. The van der Waals surface area contributed by atoms with E-state index in [1.807, 2.05) is 30.3 Å². The van der Waals surface area contributed by atoms with Crippen LogP contribution in [0.4, 0.5) is 5.00 Å². The lowest BCUT2D eigenvalue weighted by molar-refractivity contribution is -0.124. The average molecular weight is 423 g/mol. The van der Waals surface area contributed by atoms with Crippen LogP contribution in [0, 0.1) is 11.8 Å². The van der Waals surface area contributed by atoms with E-state index in [9.17, 15) is 14.4 Å². The molecule has 154 valence electrons. The lowest BCUT2D eigenvalue weighted by atomic mass is 9.81. The first-order valence-corrected chi connectivity index (χ1v) is 11.4. The zero-order valence-electron chi connectivity index (χ0n) is 16.4. The molecule has 4 atom stereocenters. The van der Waals surface area contributed by atoms with Gasteiger partial charge in [-0.1, -0.05) is 30.3 Å². The number of imide groups is 1. The predicted molar refractivity (Wildman–Crippen MR) is 111 cm³/mol. The normalized spacial score (nSPS) is 28.9. The Labute approximate surface area is 178 Å². The predicted octanol–water partition coefficient (Wildman–Crippen LogP) is 2.83. The number of nitrogens with zero attached hydrogens (tertiary/aromatic N) is 1. The van der Waals surface area contributed by atoms with Crippen LogP contribution in [0.1, 0.15) is 45.6 Å². The van der Waals surface area contributed by atoms with Gasteiger partial charge in [-0.3, -0.25) is 14.4 Å². The number of hydrogen-bond donors (Lipinski definition) is 1. The molecular weight excluding hydrogens is 400 g/mol. The fourth-order valence-electron chi connectivity index (χ4n) is 5.56. The summed E-state index contributed by atoms with van der Waals surface area (Å²) < 4.78 is 5.85. The number of carbonyl (C=O) groups excluding carboxylic acids is 3. The molecule has 0 unspecified atom stereocenters. The van der Waals surface area contributed by atoms with Gasteiger partial charge in [-0.2, -0.15) is 0 Å². The van der Waals surface area contributed by atoms with E-state index in [4.69, 9.17) is 4.74 Å². The van der Waals surface area contributed by atoms with Crippen molar-refractivity contribution in [3.63, 3.8) is 0 Å². The lowest BCUT2D eigenvalue weighted by Crippen LogP contribution is -2.35. The van der Waals surface area contributed by atoms with Gasteiger partial charge in [0.05, 0.1) is 29.6 Å². The van der Waals surface area contributed by atoms with Crippen LogP contribution in [0.25, 0.3) is 0 Å². The number of aryl methyl sites for hydroxylation is 1. The number of ether oxygens (including phenoxy) is 1. The molecule has 3 aliphatic heterocycles. The third-order valence-electron chi connectivity index (χ3n) is 6.91. The molecule has 4 heterocycles. The average Bonchev–Trinajstić information content (AvgIpc) is 3.54. The van der Waals surface area contributed by atoms with Gasteiger partial charge in [0, 0.05) is 11.4 Å². The van der Waals surface area contributed by atoms with Gasteiger partial charge < -0.3 is 10.1 Å². The number of thiophene rings is 1. The van der Waals surface area contributed by atoms with Crippen molar-refractivity contribution in [2.75, 3.05) is 4.90 Å². The van der Waals surface area contributed by atoms with Crippen molar-refractivity contribution in [3.8, 4) is 0 Å². The van der Waals surface area contributed by atoms with Crippen LogP contribution in [0.3, 0.4) is 0 Å². The summed E-state index contributed by atoms with van der Waals surface area (Å²) in [6.07, 6.45) is 4.10. The zero-order valence-corrected chi connectivity index (χ0v) is 17.2. The fraction of sp³-hybridized carbons (Fsp3) is 0.435. The maximum absolute atomic E-state index is 13.3. The number of carbonyl (C=O) groups is 3. The Morgan fingerprint density at radius 3 is 2.47 bits per heavy atom. The van der Waals surface area contributed by atoms with Crippen LogP contribution in [-0.2, 0) is 33.7 Å². The second kappa shape index (κ2) is 6.75. The van der Waals surface area contributed by atoms with E-state index in [2.05, 4.69) is 5.32 Å². The Hall–Kier alpha value is -2.51. The number of amides is 3. The topological polar surface area (TPSA) is 75.7 Å². The number of nitrogens with one attached hydrogen (secondary N) is 1. The summed E-state index contributed by atoms with van der Waals surface area (Å²) in [7, 11) is 0. The van der Waals surface area contributed by atoms with E-state index in [1.54, 1.807) is 0 Å². The Morgan fingerprint density at radius 2 is 1.77 bits per heavy atom. The summed E-state index contributed by atoms with van der Waals surface area (Å²) in [5.74, 6) is -1.34. The minimum Gasteiger partial charge on any atom is -0.373 e. The van der Waals surface area contributed by atoms with Crippen LogP contribution in [0.5, 0.6) is 0 Å². The SMILES string of the molecule is O=C(NCc1ccccc1)c1c(N2C(=O)[C@@H]3[C@H](C2=O)[C@@H]2CC[C@H]3O2)sc2c1CCC2. The Balaban J connectivity index is 1.34. The van der Waals surface area contributed by atoms with Crippen LogP contribution in [-0.4, -0.2) is 29.9 Å². The van der Waals surface area contributed by atoms with Crippen molar-refractivity contribution in [3.05, 3.63) is 51.9 Å². The Morgan fingerprint density at radius 1 is 1.07 bits per heavy atom. The summed E-state index contributed by atoms with van der Waals surface area (Å²) in [6, 6.07) is 9.73. The summed E-state index contributed by atoms with van der Waals surface area (Å²) in [4.78, 5) is 42.2. The second-order valence-corrected chi connectivity index (χ2v) is 9.64. The Kier molecular flexibility index (Phi) is 4.11. The molecule has 2 bridgehead atoms. The standard InChI is InChI=1S/C23H22N2O4S/c26-20(24-11-12-5-2-1-3-6-12)17-13-7-4-8-16(13)30-23(17)25-21(27)18-14-9-10-15(29-14)19(18)22(25)28/h1-3,5-6,14-15,18-19H,4,7-11H2,(H,24,26)/t14-,15+,18+,19-. The monoisotopic (exact) mass is 422 g/mol. The molecule has 6 nitrogen and oxygen atoms in total. The molecule has 2 aromatic rings. The molecule has 30 heavy (non-hydrogen) atoms. The van der Waals surface area contributed by atoms with Gasteiger partial charge in [0.15, 0.2) is 0 Å². The van der Waals surface area contributed by atoms with Gasteiger partial charge in [-0.25, -0.2) is 4.90 Å². The molecule has 0 saturated carbocycles. The van der Waals surface area contributed by atoms with E-state index in [-0.39, 0.29) is 41.8 Å². The minimum atomic E-state index is -0.381. The van der Waals surface area contributed by atoms with Crippen LogP contribution >= 0.6 is 11.3 Å². The van der Waals surface area contributed by atoms with Gasteiger partial charge in [-0.15, -0.1) is 11.3 Å². The van der Waals surface area contributed by atoms with Gasteiger partial charge in [0.2, 0.25) is 11.8 Å². The van der Waals surface area contributed by atoms with Crippen molar-refractivity contribution >= 4 is 34.1 Å². The third kappa shape index (κ3) is 2.55. The molecular formula is C23H22N2O4S. The number of rotatable bonds is 4. The summed E-state index contributed by atoms with van der Waals surface area (Å²) in [5.41, 5.74) is 2.55. The largest absolute Gasteiger partial charge is 0.373 e. The first-order chi connectivity index (χ1) is 14.6. The van der Waals surface area contributed by atoms with E-state index in [1.165, 1.54) is 16.2 Å². The van der Waals surface area contributed by atoms with E-state index >= 15 is 0 Å². The maximum atomic E-state index is 13.3. The first-order valence-electron chi connectivity index (χ1n) is 10.6. The van der Waals surface area contributed by atoms with Crippen molar-refractivity contribution in [2.45, 2.75) is 50.9 Å². The van der Waals surface area contributed by atoms with Crippen molar-refractivity contribution in [2.24, 2.45) is 11.8 Å². The van der Waals surface area contributed by atoms with E-state index in [0.29, 0.717) is 17.1 Å². The fourth-order valence-corrected chi connectivity index (χ4v) is 6.96. The summed E-state index contributed by atoms with van der Waals surface area (Å²) in [6.45, 7) is 0.412. The van der Waals surface area contributed by atoms with Crippen molar-refractivity contribution < 1.29 is 19.1 Å². The molecule has 1 aliphatic carbocycles. The molecule has 1 aromatic heterocycles. The lowest BCUT2D eigenvalue weighted by Gasteiger charge is -2.18. The minimum absolute atomic E-state index is 0.149. The van der Waals surface area contributed by atoms with Crippen LogP contribution < -0.4 is 10.2 Å². The third-order valence-corrected chi connectivity index (χ3v) is 8.19. The molecule has 4 aliphatic rings. The second-order valence-electron chi connectivity index (χ2n) is 8.56. The number of anilines is 1. The van der Waals surface area contributed by atoms with Gasteiger partial charge in [0.25, 0.3) is 5.91 Å². The highest BCUT2D eigenvalue weighted by atomic mass is 32.1. The smallest absolute Gasteiger partial charge is 0.254 e. The molecule has 3 fully saturated rings. The van der Waals surface area contributed by atoms with Crippen LogP contribution in [0.15, 0.2) is 30.3 Å². The summed E-state index contributed by atoms with van der Waals surface area (Å²) in [5, 5.41) is 3.52. The molecule has 1 aromatic carbocycles. The van der Waals surface area contributed by atoms with Crippen molar-refractivity contribution in [1.82, 2.24) is 5.32 Å². The molecule has 7 heteroatoms. The zero-order chi connectivity index (χ0) is 20.4. The molecule has 3 amide bonds. The first kappa shape index (κ1) is 18.3. The molecule has 1 N–H and O–H groups in total. The molecule has 6 rings (SSSR count). The van der Waals surface area contributed by atoms with Crippen molar-refractivity contribution in [1.29, 1.82) is 0 Å². The van der Waals surface area contributed by atoms with Gasteiger partial charge in [0.1, 0.15) is 5.00 Å². The van der Waals surface area contributed by atoms with E-state index in [0.717, 1.165) is 48.1 Å². The quantitative estimate of drug-likeness (QED) is 0.769. The Bertz CT molecular complexity index is 1030. The summed E-state index contributed by atoms with van der Waals surface area (Å²) >= 11 is 1.45. The molecule has 0 spiro atoms. The molecule has 0 radical (unpaired) electrons. The van der Waals surface area contributed by atoms with Crippen LogP contribution in [0.2, 0.25) is 0 Å². The number of benzene rings is 1. The van der Waals surface area contributed by atoms with Gasteiger partial charge >= 0.3 is 0 Å². The van der Waals surface area contributed by atoms with E-state index < -0.39 is 0 Å². The number of hydrogen-bond acceptors (Lipinski definition) is 5. The highest BCUT2D eigenvalue weighted by molar-refractivity contribution is 7.17. The highest BCUT2D eigenvalue weighted by Gasteiger charge is 2.63. The van der Waals surface area contributed by atoms with Gasteiger partial charge in [-0.05, 0) is 43.2 Å². The molecule has 3 saturated heterocycles.